The number of hydrogen-bond donors (Lipinski definition) is 0. The SMILES string of the molecule is CCCS(=O)(=O)N1CCN(c2nc([C@@H](C)CC)nc(CC)c2Cc2ccccc2F)CC1. The van der Waals surface area contributed by atoms with Crippen LogP contribution in [0.4, 0.5) is 10.2 Å². The highest BCUT2D eigenvalue weighted by molar-refractivity contribution is 7.89. The van der Waals surface area contributed by atoms with Gasteiger partial charge in [0.15, 0.2) is 0 Å². The summed E-state index contributed by atoms with van der Waals surface area (Å²) in [5.74, 6) is 1.78. The number of rotatable bonds is 9. The van der Waals surface area contributed by atoms with Crippen molar-refractivity contribution in [2.75, 3.05) is 36.8 Å². The molecule has 0 saturated carbocycles. The molecular formula is C24H35FN4O2S. The van der Waals surface area contributed by atoms with Crippen LogP contribution in [0.2, 0.25) is 0 Å². The van der Waals surface area contributed by atoms with E-state index in [-0.39, 0.29) is 17.5 Å². The minimum Gasteiger partial charge on any atom is -0.354 e. The maximum Gasteiger partial charge on any atom is 0.214 e. The summed E-state index contributed by atoms with van der Waals surface area (Å²) in [6, 6.07) is 6.82. The van der Waals surface area contributed by atoms with Gasteiger partial charge >= 0.3 is 0 Å². The highest BCUT2D eigenvalue weighted by Gasteiger charge is 2.29. The molecule has 1 aromatic carbocycles. The number of benzene rings is 1. The Morgan fingerprint density at radius 2 is 1.75 bits per heavy atom. The van der Waals surface area contributed by atoms with Gasteiger partial charge in [-0.05, 0) is 30.9 Å². The lowest BCUT2D eigenvalue weighted by atomic mass is 10.00. The van der Waals surface area contributed by atoms with Gasteiger partial charge in [-0.3, -0.25) is 0 Å². The van der Waals surface area contributed by atoms with Crippen LogP contribution in [-0.4, -0.2) is 54.6 Å². The molecule has 2 heterocycles. The fraction of sp³-hybridized carbons (Fsp3) is 0.583. The van der Waals surface area contributed by atoms with Crippen molar-refractivity contribution in [1.82, 2.24) is 14.3 Å². The van der Waals surface area contributed by atoms with Gasteiger partial charge in [-0.2, -0.15) is 4.31 Å². The van der Waals surface area contributed by atoms with Crippen molar-refractivity contribution in [2.24, 2.45) is 0 Å². The molecule has 0 spiro atoms. The number of halogens is 1. The van der Waals surface area contributed by atoms with E-state index in [1.807, 2.05) is 13.0 Å². The van der Waals surface area contributed by atoms with Gasteiger partial charge in [-0.25, -0.2) is 22.8 Å². The van der Waals surface area contributed by atoms with E-state index < -0.39 is 10.0 Å². The van der Waals surface area contributed by atoms with Crippen molar-refractivity contribution in [3.8, 4) is 0 Å². The standard InChI is InChI=1S/C24H35FN4O2S/c1-5-16-32(30,31)29-14-12-28(13-15-29)24-20(17-19-10-8-9-11-21(19)25)22(7-3)26-23(27-24)18(4)6-2/h8-11,18H,5-7,12-17H2,1-4H3/t18-/m0/s1. The zero-order valence-corrected chi connectivity index (χ0v) is 20.5. The van der Waals surface area contributed by atoms with E-state index in [1.54, 1.807) is 16.4 Å². The summed E-state index contributed by atoms with van der Waals surface area (Å²) in [4.78, 5) is 12.0. The molecule has 32 heavy (non-hydrogen) atoms. The van der Waals surface area contributed by atoms with Gasteiger partial charge in [0, 0.05) is 49.8 Å². The van der Waals surface area contributed by atoms with E-state index >= 15 is 0 Å². The molecule has 1 aliphatic heterocycles. The summed E-state index contributed by atoms with van der Waals surface area (Å²) in [5, 5.41) is 0. The Kier molecular flexibility index (Phi) is 8.22. The molecule has 1 atom stereocenters. The van der Waals surface area contributed by atoms with Crippen LogP contribution in [-0.2, 0) is 22.9 Å². The first-order valence-electron chi connectivity index (χ1n) is 11.7. The van der Waals surface area contributed by atoms with Gasteiger partial charge in [0.1, 0.15) is 17.5 Å². The molecule has 1 saturated heterocycles. The second kappa shape index (κ2) is 10.7. The van der Waals surface area contributed by atoms with Crippen molar-refractivity contribution >= 4 is 15.8 Å². The Morgan fingerprint density at radius 1 is 1.06 bits per heavy atom. The normalized spacial score (nSPS) is 16.3. The fourth-order valence-electron chi connectivity index (χ4n) is 4.07. The third kappa shape index (κ3) is 5.46. The molecule has 176 valence electrons. The average Bonchev–Trinajstić information content (AvgIpc) is 2.80. The maximum atomic E-state index is 14.5. The number of aromatic nitrogens is 2. The first kappa shape index (κ1) is 24.6. The minimum atomic E-state index is -3.22. The Bertz CT molecular complexity index is 1020. The quantitative estimate of drug-likeness (QED) is 0.560. The van der Waals surface area contributed by atoms with Crippen LogP contribution in [0.15, 0.2) is 24.3 Å². The molecule has 0 amide bonds. The lowest BCUT2D eigenvalue weighted by molar-refractivity contribution is 0.383. The first-order chi connectivity index (χ1) is 15.3. The second-order valence-corrected chi connectivity index (χ2v) is 10.6. The summed E-state index contributed by atoms with van der Waals surface area (Å²) < 4.78 is 41.1. The Labute approximate surface area is 191 Å². The molecule has 3 rings (SSSR count). The maximum absolute atomic E-state index is 14.5. The number of piperazine rings is 1. The molecule has 2 aromatic rings. The summed E-state index contributed by atoms with van der Waals surface area (Å²) in [6.07, 6.45) is 2.69. The Balaban J connectivity index is 1.98. The summed E-state index contributed by atoms with van der Waals surface area (Å²) in [7, 11) is -3.22. The number of hydrogen-bond acceptors (Lipinski definition) is 5. The van der Waals surface area contributed by atoms with Gasteiger partial charge < -0.3 is 4.90 Å². The topological polar surface area (TPSA) is 66.4 Å². The Morgan fingerprint density at radius 3 is 2.34 bits per heavy atom. The van der Waals surface area contributed by atoms with E-state index in [0.717, 1.165) is 35.7 Å². The van der Waals surface area contributed by atoms with E-state index in [1.165, 1.54) is 6.07 Å². The fourth-order valence-corrected chi connectivity index (χ4v) is 5.56. The van der Waals surface area contributed by atoms with Crippen LogP contribution in [0.1, 0.15) is 69.1 Å². The van der Waals surface area contributed by atoms with Crippen LogP contribution < -0.4 is 4.90 Å². The van der Waals surface area contributed by atoms with E-state index in [2.05, 4.69) is 25.7 Å². The molecule has 0 radical (unpaired) electrons. The predicted molar refractivity (Wildman–Crippen MR) is 127 cm³/mol. The van der Waals surface area contributed by atoms with Crippen LogP contribution in [0.3, 0.4) is 0 Å². The molecule has 8 heteroatoms. The second-order valence-electron chi connectivity index (χ2n) is 8.46. The molecule has 0 aliphatic carbocycles. The molecule has 1 fully saturated rings. The largest absolute Gasteiger partial charge is 0.354 e. The van der Waals surface area contributed by atoms with Gasteiger partial charge in [0.05, 0.1) is 5.75 Å². The number of sulfonamides is 1. The van der Waals surface area contributed by atoms with E-state index in [0.29, 0.717) is 44.6 Å². The molecule has 1 aromatic heterocycles. The third-order valence-electron chi connectivity index (χ3n) is 6.19. The van der Waals surface area contributed by atoms with Crippen LogP contribution in [0, 0.1) is 5.82 Å². The third-order valence-corrected chi connectivity index (χ3v) is 8.27. The predicted octanol–water partition coefficient (Wildman–Crippen LogP) is 4.14. The van der Waals surface area contributed by atoms with Crippen LogP contribution in [0.25, 0.3) is 0 Å². The van der Waals surface area contributed by atoms with Crippen LogP contribution >= 0.6 is 0 Å². The smallest absolute Gasteiger partial charge is 0.214 e. The lowest BCUT2D eigenvalue weighted by Gasteiger charge is -2.36. The van der Waals surface area contributed by atoms with Gasteiger partial charge in [0.2, 0.25) is 10.0 Å². The average molecular weight is 463 g/mol. The molecule has 0 unspecified atom stereocenters. The molecule has 0 bridgehead atoms. The Hall–Kier alpha value is -2.06. The van der Waals surface area contributed by atoms with Crippen molar-refractivity contribution in [2.45, 2.75) is 59.3 Å². The molecule has 0 N–H and O–H groups in total. The van der Waals surface area contributed by atoms with Gasteiger partial charge in [0.25, 0.3) is 0 Å². The number of anilines is 1. The van der Waals surface area contributed by atoms with Crippen molar-refractivity contribution < 1.29 is 12.8 Å². The summed E-state index contributed by atoms with van der Waals surface area (Å²) >= 11 is 0. The minimum absolute atomic E-state index is 0.178. The zero-order valence-electron chi connectivity index (χ0n) is 19.6. The summed E-state index contributed by atoms with van der Waals surface area (Å²) in [6.45, 7) is 10.2. The number of nitrogens with zero attached hydrogens (tertiary/aromatic N) is 4. The molecule has 6 nitrogen and oxygen atoms in total. The lowest BCUT2D eigenvalue weighted by Crippen LogP contribution is -2.50. The number of aryl methyl sites for hydroxylation is 1. The first-order valence-corrected chi connectivity index (χ1v) is 13.3. The van der Waals surface area contributed by atoms with Gasteiger partial charge in [-0.1, -0.05) is 45.9 Å². The van der Waals surface area contributed by atoms with Crippen molar-refractivity contribution in [3.05, 3.63) is 52.7 Å². The van der Waals surface area contributed by atoms with E-state index in [9.17, 15) is 12.8 Å². The van der Waals surface area contributed by atoms with E-state index in [4.69, 9.17) is 9.97 Å². The summed E-state index contributed by atoms with van der Waals surface area (Å²) in [5.41, 5.74) is 2.50. The van der Waals surface area contributed by atoms with Gasteiger partial charge in [-0.15, -0.1) is 0 Å². The highest BCUT2D eigenvalue weighted by atomic mass is 32.2. The van der Waals surface area contributed by atoms with Crippen LogP contribution in [0.5, 0.6) is 0 Å². The zero-order chi connectivity index (χ0) is 23.3. The highest BCUT2D eigenvalue weighted by Crippen LogP contribution is 2.29. The monoisotopic (exact) mass is 462 g/mol. The van der Waals surface area contributed by atoms with Crippen molar-refractivity contribution in [3.63, 3.8) is 0 Å². The molecule has 1 aliphatic rings. The molecular weight excluding hydrogens is 427 g/mol. The van der Waals surface area contributed by atoms with Crippen molar-refractivity contribution in [1.29, 1.82) is 0 Å².